The molecule has 0 unspecified atom stereocenters. The van der Waals surface area contributed by atoms with E-state index < -0.39 is 0 Å². The molecule has 154 valence electrons. The first-order valence-corrected chi connectivity index (χ1v) is 11.1. The summed E-state index contributed by atoms with van der Waals surface area (Å²) in [4.78, 5) is 27.5. The number of rotatable bonds is 9. The summed E-state index contributed by atoms with van der Waals surface area (Å²) in [5.74, 6) is 1.70. The molecular weight excluding hydrogens is 384 g/mol. The number of nitrogens with zero attached hydrogens (tertiary/aromatic N) is 1. The number of ether oxygens (including phenoxy) is 1. The van der Waals surface area contributed by atoms with Gasteiger partial charge in [0.2, 0.25) is 11.8 Å². The first kappa shape index (κ1) is 21.2. The minimum absolute atomic E-state index is 0.0133. The predicted molar refractivity (Wildman–Crippen MR) is 118 cm³/mol. The third-order valence-electron chi connectivity index (χ3n) is 4.78. The number of anilines is 1. The minimum atomic E-state index is -0.0718. The number of hydrogen-bond donors (Lipinski definition) is 1. The summed E-state index contributed by atoms with van der Waals surface area (Å²) in [6.07, 6.45) is 2.18. The van der Waals surface area contributed by atoms with Crippen LogP contribution in [-0.4, -0.2) is 37.3 Å². The molecule has 1 aliphatic heterocycles. The van der Waals surface area contributed by atoms with Crippen LogP contribution in [0.5, 0.6) is 5.75 Å². The van der Waals surface area contributed by atoms with Crippen molar-refractivity contribution in [3.05, 3.63) is 54.1 Å². The number of nitrogens with one attached hydrogen (secondary N) is 1. The van der Waals surface area contributed by atoms with E-state index in [1.54, 1.807) is 11.8 Å². The van der Waals surface area contributed by atoms with Gasteiger partial charge in [-0.2, -0.15) is 0 Å². The van der Waals surface area contributed by atoms with Gasteiger partial charge in [0.15, 0.2) is 0 Å². The van der Waals surface area contributed by atoms with Gasteiger partial charge in [-0.25, -0.2) is 0 Å². The molecule has 0 atom stereocenters. The van der Waals surface area contributed by atoms with Crippen LogP contribution in [0.4, 0.5) is 5.69 Å². The van der Waals surface area contributed by atoms with Crippen LogP contribution in [0.2, 0.25) is 0 Å². The van der Waals surface area contributed by atoms with Gasteiger partial charge in [-0.3, -0.25) is 9.59 Å². The van der Waals surface area contributed by atoms with Crippen LogP contribution in [-0.2, 0) is 9.59 Å². The summed E-state index contributed by atoms with van der Waals surface area (Å²) in [5.41, 5.74) is 2.17. The largest absolute Gasteiger partial charge is 0.494 e. The predicted octanol–water partition coefficient (Wildman–Crippen LogP) is 4.19. The lowest BCUT2D eigenvalue weighted by molar-refractivity contribution is -0.125. The van der Waals surface area contributed by atoms with E-state index >= 15 is 0 Å². The van der Waals surface area contributed by atoms with Crippen LogP contribution in [0.1, 0.15) is 31.2 Å². The molecule has 0 saturated carbocycles. The molecule has 1 heterocycles. The zero-order chi connectivity index (χ0) is 20.5. The van der Waals surface area contributed by atoms with Crippen LogP contribution < -0.4 is 15.0 Å². The van der Waals surface area contributed by atoms with Gasteiger partial charge in [-0.1, -0.05) is 29.8 Å². The number of carbonyl (C=O) groups is 2. The Morgan fingerprint density at radius 1 is 1.07 bits per heavy atom. The van der Waals surface area contributed by atoms with Crippen LogP contribution in [0, 0.1) is 6.92 Å². The van der Waals surface area contributed by atoms with E-state index in [1.165, 1.54) is 5.56 Å². The van der Waals surface area contributed by atoms with Gasteiger partial charge in [0.25, 0.3) is 0 Å². The Morgan fingerprint density at radius 2 is 1.86 bits per heavy atom. The number of fused-ring (bicyclic) bond motifs is 1. The van der Waals surface area contributed by atoms with Crippen molar-refractivity contribution in [1.29, 1.82) is 0 Å². The van der Waals surface area contributed by atoms with E-state index in [-0.39, 0.29) is 24.7 Å². The minimum Gasteiger partial charge on any atom is -0.494 e. The highest BCUT2D eigenvalue weighted by Gasteiger charge is 2.22. The van der Waals surface area contributed by atoms with Crippen molar-refractivity contribution in [2.75, 3.05) is 30.3 Å². The Labute approximate surface area is 176 Å². The average molecular weight is 413 g/mol. The lowest BCUT2D eigenvalue weighted by Crippen LogP contribution is -2.36. The number of aryl methyl sites for hydroxylation is 1. The van der Waals surface area contributed by atoms with Crippen molar-refractivity contribution < 1.29 is 14.3 Å². The van der Waals surface area contributed by atoms with Gasteiger partial charge < -0.3 is 15.0 Å². The van der Waals surface area contributed by atoms with Crippen molar-refractivity contribution in [3.63, 3.8) is 0 Å². The highest BCUT2D eigenvalue weighted by Crippen LogP contribution is 2.34. The van der Waals surface area contributed by atoms with Crippen molar-refractivity contribution >= 4 is 29.3 Å². The van der Waals surface area contributed by atoms with E-state index in [0.717, 1.165) is 34.9 Å². The molecule has 2 aromatic rings. The molecule has 0 bridgehead atoms. The van der Waals surface area contributed by atoms with E-state index in [0.29, 0.717) is 19.7 Å². The smallest absolute Gasteiger partial charge is 0.227 e. The van der Waals surface area contributed by atoms with Crippen molar-refractivity contribution in [2.24, 2.45) is 0 Å². The fraction of sp³-hybridized carbons (Fsp3) is 0.391. The molecule has 0 fully saturated rings. The zero-order valence-electron chi connectivity index (χ0n) is 16.9. The molecule has 1 N–H and O–H groups in total. The number of thioether (sulfide) groups is 1. The molecule has 5 nitrogen and oxygen atoms in total. The fourth-order valence-corrected chi connectivity index (χ4v) is 4.15. The third-order valence-corrected chi connectivity index (χ3v) is 5.82. The summed E-state index contributed by atoms with van der Waals surface area (Å²) in [7, 11) is 0. The van der Waals surface area contributed by atoms with Gasteiger partial charge in [-0.05, 0) is 44.0 Å². The number of para-hydroxylation sites is 1. The topological polar surface area (TPSA) is 58.6 Å². The summed E-state index contributed by atoms with van der Waals surface area (Å²) >= 11 is 1.77. The fourth-order valence-electron chi connectivity index (χ4n) is 3.15. The van der Waals surface area contributed by atoms with Gasteiger partial charge in [0, 0.05) is 36.6 Å². The zero-order valence-corrected chi connectivity index (χ0v) is 17.7. The lowest BCUT2D eigenvalue weighted by Gasteiger charge is -2.29. The standard InChI is InChI=1S/C23H28N2O3S/c1-18-8-10-19(11-9-18)28-16-5-4-14-24-22(26)12-13-23(27)25-15-17-29-21-7-3-2-6-20(21)25/h2-3,6-11H,4-5,12-17H2,1H3,(H,24,26). The Balaban J connectivity index is 1.29. The maximum Gasteiger partial charge on any atom is 0.227 e. The Kier molecular flexibility index (Phi) is 7.99. The third kappa shape index (κ3) is 6.53. The van der Waals surface area contributed by atoms with Crippen molar-refractivity contribution in [2.45, 2.75) is 37.5 Å². The van der Waals surface area contributed by atoms with E-state index in [1.807, 2.05) is 60.4 Å². The summed E-state index contributed by atoms with van der Waals surface area (Å²) in [6.45, 7) is 3.98. The second-order valence-electron chi connectivity index (χ2n) is 7.08. The number of hydrogen-bond acceptors (Lipinski definition) is 4. The van der Waals surface area contributed by atoms with E-state index in [2.05, 4.69) is 5.32 Å². The number of amides is 2. The Bertz CT molecular complexity index is 823. The summed E-state index contributed by atoms with van der Waals surface area (Å²) < 4.78 is 5.68. The molecule has 3 rings (SSSR count). The maximum atomic E-state index is 12.6. The Hall–Kier alpha value is -2.47. The van der Waals surface area contributed by atoms with Crippen LogP contribution in [0.25, 0.3) is 0 Å². The van der Waals surface area contributed by atoms with Crippen LogP contribution >= 0.6 is 11.8 Å². The van der Waals surface area contributed by atoms with Crippen molar-refractivity contribution in [3.8, 4) is 5.75 Å². The molecule has 6 heteroatoms. The van der Waals surface area contributed by atoms with Gasteiger partial charge in [-0.15, -0.1) is 11.8 Å². The summed E-state index contributed by atoms with van der Waals surface area (Å²) in [6, 6.07) is 15.9. The molecule has 0 aromatic heterocycles. The molecule has 0 saturated heterocycles. The Morgan fingerprint density at radius 3 is 2.69 bits per heavy atom. The number of carbonyl (C=O) groups excluding carboxylic acids is 2. The SMILES string of the molecule is Cc1ccc(OCCCCNC(=O)CCC(=O)N2CCSc3ccccc32)cc1. The molecule has 2 amide bonds. The van der Waals surface area contributed by atoms with Crippen LogP contribution in [0.3, 0.4) is 0 Å². The highest BCUT2D eigenvalue weighted by atomic mass is 32.2. The molecule has 1 aliphatic rings. The quantitative estimate of drug-likeness (QED) is 0.628. The molecule has 29 heavy (non-hydrogen) atoms. The van der Waals surface area contributed by atoms with Gasteiger partial charge >= 0.3 is 0 Å². The van der Waals surface area contributed by atoms with E-state index in [4.69, 9.17) is 4.74 Å². The van der Waals surface area contributed by atoms with Crippen molar-refractivity contribution in [1.82, 2.24) is 5.32 Å². The first-order valence-electron chi connectivity index (χ1n) is 10.1. The van der Waals surface area contributed by atoms with E-state index in [9.17, 15) is 9.59 Å². The molecular formula is C23H28N2O3S. The number of unbranched alkanes of at least 4 members (excludes halogenated alkanes) is 1. The second kappa shape index (κ2) is 10.9. The average Bonchev–Trinajstić information content (AvgIpc) is 2.75. The second-order valence-corrected chi connectivity index (χ2v) is 8.22. The molecule has 0 spiro atoms. The molecule has 2 aromatic carbocycles. The molecule has 0 aliphatic carbocycles. The normalized spacial score (nSPS) is 12.9. The highest BCUT2D eigenvalue weighted by molar-refractivity contribution is 7.99. The monoisotopic (exact) mass is 412 g/mol. The summed E-state index contributed by atoms with van der Waals surface area (Å²) in [5, 5.41) is 2.90. The van der Waals surface area contributed by atoms with Gasteiger partial charge in [0.05, 0.1) is 12.3 Å². The molecule has 0 radical (unpaired) electrons. The van der Waals surface area contributed by atoms with Crippen LogP contribution in [0.15, 0.2) is 53.4 Å². The first-order chi connectivity index (χ1) is 14.1. The number of benzene rings is 2. The maximum absolute atomic E-state index is 12.6. The lowest BCUT2D eigenvalue weighted by atomic mass is 10.2. The van der Waals surface area contributed by atoms with Gasteiger partial charge in [0.1, 0.15) is 5.75 Å².